The Morgan fingerprint density at radius 1 is 0.667 bits per heavy atom. The van der Waals surface area contributed by atoms with Crippen LogP contribution in [0.15, 0.2) is 102 Å². The summed E-state index contributed by atoms with van der Waals surface area (Å²) in [5.41, 5.74) is 17.6. The molecule has 0 radical (unpaired) electrons. The molecule has 0 bridgehead atoms. The lowest BCUT2D eigenvalue weighted by atomic mass is 9.76. The molecule has 2 N–H and O–H groups in total. The monoisotopic (exact) mass is 646 g/mol. The van der Waals surface area contributed by atoms with Gasteiger partial charge in [-0.15, -0.1) is 0 Å². The van der Waals surface area contributed by atoms with E-state index in [2.05, 4.69) is 85.1 Å². The van der Waals surface area contributed by atoms with Crippen LogP contribution in [0.5, 0.6) is 0 Å². The van der Waals surface area contributed by atoms with E-state index < -0.39 is 9.84 Å². The number of carbonyl (C=O) groups excluding carboxylic acids is 1. The van der Waals surface area contributed by atoms with Gasteiger partial charge in [-0.05, 0) is 104 Å². The predicted octanol–water partition coefficient (Wildman–Crippen LogP) is 9.41. The van der Waals surface area contributed by atoms with E-state index in [1.165, 1.54) is 89.9 Å². The molecule has 2 aliphatic carbocycles. The molecule has 0 atom stereocenters. The molecule has 0 aromatic heterocycles. The highest BCUT2D eigenvalue weighted by Gasteiger charge is 2.31. The van der Waals surface area contributed by atoms with Crippen molar-refractivity contribution >= 4 is 43.6 Å². The van der Waals surface area contributed by atoms with Crippen molar-refractivity contribution in [3.63, 3.8) is 0 Å². The quantitative estimate of drug-likeness (QED) is 0.200. The van der Waals surface area contributed by atoms with E-state index in [0.717, 1.165) is 30.3 Å². The first-order chi connectivity index (χ1) is 23.2. The summed E-state index contributed by atoms with van der Waals surface area (Å²) in [4.78, 5) is 13.5. The van der Waals surface area contributed by atoms with Gasteiger partial charge in [0, 0.05) is 41.3 Å². The van der Waals surface area contributed by atoms with Gasteiger partial charge in [-0.1, -0.05) is 80.6 Å². The molecule has 6 heteroatoms. The summed E-state index contributed by atoms with van der Waals surface area (Å²) in [6, 6.07) is 32.7. The molecule has 0 saturated carbocycles. The Balaban J connectivity index is 1.13. The molecule has 0 fully saturated rings. The molecule has 48 heavy (non-hydrogen) atoms. The molecule has 1 aliphatic heterocycles. The number of rotatable bonds is 4. The number of hydrogen-bond acceptors (Lipinski definition) is 4. The average Bonchev–Trinajstić information content (AvgIpc) is 3.08. The zero-order valence-electron chi connectivity index (χ0n) is 27.1. The van der Waals surface area contributed by atoms with Gasteiger partial charge in [0.25, 0.3) is 5.91 Å². The van der Waals surface area contributed by atoms with E-state index in [9.17, 15) is 13.2 Å². The zero-order chi connectivity index (χ0) is 32.9. The number of sulfone groups is 1. The first-order valence-electron chi connectivity index (χ1n) is 16.5. The van der Waals surface area contributed by atoms with Crippen molar-refractivity contribution in [2.24, 2.45) is 0 Å². The smallest absolute Gasteiger partial charge is 0.255 e. The van der Waals surface area contributed by atoms with Crippen LogP contribution in [0.2, 0.25) is 0 Å². The maximum Gasteiger partial charge on any atom is 0.255 e. The van der Waals surface area contributed by atoms with Crippen molar-refractivity contribution in [2.75, 3.05) is 16.9 Å². The van der Waals surface area contributed by atoms with E-state index in [1.807, 2.05) is 12.1 Å². The molecule has 236 valence electrons. The molecule has 0 unspecified atom stereocenters. The van der Waals surface area contributed by atoms with Crippen LogP contribution in [-0.2, 0) is 29.1 Å². The third kappa shape index (κ3) is 4.36. The highest BCUT2D eigenvalue weighted by Crippen LogP contribution is 2.54. The summed E-state index contributed by atoms with van der Waals surface area (Å²) < 4.78 is 24.2. The number of benzene rings is 6. The van der Waals surface area contributed by atoms with Gasteiger partial charge in [0.15, 0.2) is 9.84 Å². The standard InChI is InChI=1S/C42H34N2O3S/c1-23(2)33-22-36-30-12-5-4-8-24(30)18-27-15-16-31-32-17-14-26-20-34-25(21-35(26)40(32)44-41(33)39(31)38(27)36)9-7-13-37(34)43-42(45)28-10-6-11-29(19-28)48(3,46)47/h4-17,19,22-23,44H,18,20-21H2,1-3H3,(H,43,45). The van der Waals surface area contributed by atoms with Gasteiger partial charge in [0.05, 0.1) is 16.3 Å². The van der Waals surface area contributed by atoms with Gasteiger partial charge in [-0.25, -0.2) is 8.42 Å². The summed E-state index contributed by atoms with van der Waals surface area (Å²) in [7, 11) is -3.43. The molecule has 6 aromatic rings. The molecule has 9 rings (SSSR count). The predicted molar refractivity (Wildman–Crippen MR) is 195 cm³/mol. The van der Waals surface area contributed by atoms with E-state index in [1.54, 1.807) is 12.1 Å². The van der Waals surface area contributed by atoms with Crippen molar-refractivity contribution in [1.29, 1.82) is 0 Å². The molecule has 1 amide bonds. The minimum Gasteiger partial charge on any atom is -0.354 e. The number of hydrogen-bond donors (Lipinski definition) is 2. The summed E-state index contributed by atoms with van der Waals surface area (Å²) in [5.74, 6) is 0.0112. The second kappa shape index (κ2) is 10.4. The fraction of sp³-hybridized carbons (Fsp3) is 0.167. The zero-order valence-corrected chi connectivity index (χ0v) is 27.9. The Morgan fingerprint density at radius 3 is 2.23 bits per heavy atom. The lowest BCUT2D eigenvalue weighted by molar-refractivity contribution is 0.102. The minimum absolute atomic E-state index is 0.128. The summed E-state index contributed by atoms with van der Waals surface area (Å²) >= 11 is 0. The first kappa shape index (κ1) is 29.0. The van der Waals surface area contributed by atoms with Crippen LogP contribution in [0.4, 0.5) is 17.1 Å². The average molecular weight is 647 g/mol. The van der Waals surface area contributed by atoms with E-state index in [4.69, 9.17) is 0 Å². The highest BCUT2D eigenvalue weighted by atomic mass is 32.2. The summed E-state index contributed by atoms with van der Waals surface area (Å²) in [6.45, 7) is 4.56. The molecule has 0 spiro atoms. The molecule has 5 nitrogen and oxygen atoms in total. The largest absolute Gasteiger partial charge is 0.354 e. The Hall–Kier alpha value is -5.20. The Morgan fingerprint density at radius 2 is 1.40 bits per heavy atom. The third-order valence-corrected chi connectivity index (χ3v) is 11.6. The van der Waals surface area contributed by atoms with Gasteiger partial charge in [0.2, 0.25) is 0 Å². The number of fused-ring (bicyclic) bond motifs is 7. The van der Waals surface area contributed by atoms with Crippen molar-refractivity contribution in [3.05, 3.63) is 142 Å². The molecule has 0 saturated heterocycles. The number of amides is 1. The van der Waals surface area contributed by atoms with Crippen LogP contribution in [0.1, 0.15) is 69.1 Å². The lowest BCUT2D eigenvalue weighted by Crippen LogP contribution is -2.18. The first-order valence-corrected chi connectivity index (χ1v) is 18.4. The van der Waals surface area contributed by atoms with Gasteiger partial charge in [0.1, 0.15) is 0 Å². The normalized spacial score (nSPS) is 13.7. The molecule has 1 heterocycles. The number of carbonyl (C=O) groups is 1. The minimum atomic E-state index is -3.43. The Labute approximate surface area is 280 Å². The number of nitrogens with one attached hydrogen (secondary N) is 2. The fourth-order valence-electron chi connectivity index (χ4n) is 8.09. The Kier molecular flexibility index (Phi) is 6.28. The second-order valence-electron chi connectivity index (χ2n) is 13.7. The fourth-order valence-corrected chi connectivity index (χ4v) is 8.76. The van der Waals surface area contributed by atoms with Crippen LogP contribution in [0, 0.1) is 0 Å². The van der Waals surface area contributed by atoms with Crippen molar-refractivity contribution < 1.29 is 13.2 Å². The van der Waals surface area contributed by atoms with Crippen LogP contribution in [0.25, 0.3) is 33.0 Å². The highest BCUT2D eigenvalue weighted by molar-refractivity contribution is 7.90. The van der Waals surface area contributed by atoms with Gasteiger partial charge >= 0.3 is 0 Å². The van der Waals surface area contributed by atoms with Crippen LogP contribution < -0.4 is 10.6 Å². The maximum absolute atomic E-state index is 13.3. The van der Waals surface area contributed by atoms with Crippen LogP contribution >= 0.6 is 0 Å². The van der Waals surface area contributed by atoms with E-state index in [-0.39, 0.29) is 10.8 Å². The Bertz CT molecular complexity index is 2510. The van der Waals surface area contributed by atoms with E-state index in [0.29, 0.717) is 17.9 Å². The van der Waals surface area contributed by atoms with Crippen LogP contribution in [-0.4, -0.2) is 20.6 Å². The number of anilines is 3. The van der Waals surface area contributed by atoms with E-state index >= 15 is 0 Å². The van der Waals surface area contributed by atoms with Crippen molar-refractivity contribution in [1.82, 2.24) is 0 Å². The third-order valence-electron chi connectivity index (χ3n) is 10.4. The summed E-state index contributed by atoms with van der Waals surface area (Å²) in [5, 5.41) is 9.79. The molecular weight excluding hydrogens is 613 g/mol. The molecular formula is C42H34N2O3S. The SMILES string of the molecule is CC(C)c1cc2c3c(ccc4c3c1Nc1c-4ccc3c1Cc1cccc(NC(=O)c4cccc(S(C)(=O)=O)c4)c1C3)Cc1ccccc1-2. The summed E-state index contributed by atoms with van der Waals surface area (Å²) in [6.07, 6.45) is 3.52. The van der Waals surface area contributed by atoms with Crippen molar-refractivity contribution in [3.8, 4) is 22.3 Å². The van der Waals surface area contributed by atoms with Gasteiger partial charge < -0.3 is 10.6 Å². The van der Waals surface area contributed by atoms with Crippen molar-refractivity contribution in [2.45, 2.75) is 43.9 Å². The molecule has 6 aromatic carbocycles. The van der Waals surface area contributed by atoms with Crippen LogP contribution in [0.3, 0.4) is 0 Å². The van der Waals surface area contributed by atoms with Gasteiger partial charge in [-0.3, -0.25) is 4.79 Å². The molecule has 3 aliphatic rings. The second-order valence-corrected chi connectivity index (χ2v) is 15.7. The van der Waals surface area contributed by atoms with Gasteiger partial charge in [-0.2, -0.15) is 0 Å². The maximum atomic E-state index is 13.3. The topological polar surface area (TPSA) is 75.3 Å². The lowest BCUT2D eigenvalue weighted by Gasteiger charge is -2.33.